The Labute approximate surface area is 128 Å². The van der Waals surface area contributed by atoms with E-state index in [0.717, 1.165) is 0 Å². The van der Waals surface area contributed by atoms with Gasteiger partial charge in [-0.25, -0.2) is 4.39 Å². The fourth-order valence-electron chi connectivity index (χ4n) is 2.21. The number of hydrogen-bond acceptors (Lipinski definition) is 3. The van der Waals surface area contributed by atoms with Crippen LogP contribution in [-0.2, 0) is 4.79 Å². The fraction of sp³-hybridized carbons (Fsp3) is 0.333. The van der Waals surface area contributed by atoms with Crippen LogP contribution >= 0.6 is 12.2 Å². The molecule has 2 rings (SSSR count). The highest BCUT2D eigenvalue weighted by molar-refractivity contribution is 7.81. The maximum atomic E-state index is 13.5. The Morgan fingerprint density at radius 1 is 1.48 bits per heavy atom. The molecule has 0 radical (unpaired) electrons. The van der Waals surface area contributed by atoms with Crippen LogP contribution in [0.1, 0.15) is 25.8 Å². The molecule has 1 aliphatic rings. The average Bonchev–Trinajstić information content (AvgIpc) is 2.32. The Balaban J connectivity index is 2.28. The number of hydrogen-bond donors (Lipinski definition) is 3. The van der Waals surface area contributed by atoms with Crippen molar-refractivity contribution in [2.45, 2.75) is 32.7 Å². The summed E-state index contributed by atoms with van der Waals surface area (Å²) in [7, 11) is 0. The van der Waals surface area contributed by atoms with Gasteiger partial charge in [0, 0.05) is 23.2 Å². The van der Waals surface area contributed by atoms with Gasteiger partial charge in [-0.05, 0) is 32.9 Å². The first-order valence-electron chi connectivity index (χ1n) is 6.52. The number of carbonyl (C=O) groups excluding carboxylic acids is 1. The van der Waals surface area contributed by atoms with Gasteiger partial charge in [0.25, 0.3) is 5.91 Å². The average molecular weight is 308 g/mol. The van der Waals surface area contributed by atoms with E-state index in [9.17, 15) is 14.3 Å². The molecule has 3 N–H and O–H groups in total. The molecule has 1 heterocycles. The van der Waals surface area contributed by atoms with Crippen LogP contribution in [0.5, 0.6) is 0 Å². The van der Waals surface area contributed by atoms with Crippen molar-refractivity contribution in [3.05, 3.63) is 40.9 Å². The molecule has 0 aromatic heterocycles. The quantitative estimate of drug-likeness (QED) is 0.735. The summed E-state index contributed by atoms with van der Waals surface area (Å²) in [6, 6.07) is 4.55. The lowest BCUT2D eigenvalue weighted by Crippen LogP contribution is -2.49. The number of benzene rings is 1. The van der Waals surface area contributed by atoms with Crippen molar-refractivity contribution in [1.29, 1.82) is 0 Å². The number of nitrogens with one attached hydrogen (secondary N) is 2. The first kappa shape index (κ1) is 15.4. The van der Waals surface area contributed by atoms with Crippen molar-refractivity contribution in [1.82, 2.24) is 5.32 Å². The highest BCUT2D eigenvalue weighted by Crippen LogP contribution is 2.25. The molecule has 112 valence electrons. The topological polar surface area (TPSA) is 61.4 Å². The molecule has 4 nitrogen and oxygen atoms in total. The minimum Gasteiger partial charge on any atom is -0.511 e. The highest BCUT2D eigenvalue weighted by atomic mass is 32.1. The summed E-state index contributed by atoms with van der Waals surface area (Å²) < 4.78 is 13.5. The number of carbonyl (C=O) groups is 1. The molecule has 0 bridgehead atoms. The van der Waals surface area contributed by atoms with Crippen LogP contribution in [0.4, 0.5) is 10.1 Å². The minimum absolute atomic E-state index is 0.0352. The number of halogens is 1. The maximum absolute atomic E-state index is 13.5. The molecule has 6 heteroatoms. The fourth-order valence-corrected chi connectivity index (χ4v) is 2.53. The minimum atomic E-state index is -0.519. The number of amides is 1. The number of anilines is 1. The molecule has 0 aliphatic carbocycles. The van der Waals surface area contributed by atoms with Gasteiger partial charge in [-0.1, -0.05) is 18.3 Å². The summed E-state index contributed by atoms with van der Waals surface area (Å²) in [5.74, 6) is -0.860. The SMILES string of the molecule is Cc1c(F)cccc1NC(=S)C1=C(O)CC(C)(C)NC1=O. The molecule has 0 spiro atoms. The summed E-state index contributed by atoms with van der Waals surface area (Å²) in [4.78, 5) is 12.2. The van der Waals surface area contributed by atoms with Gasteiger partial charge in [-0.2, -0.15) is 0 Å². The number of aliphatic hydroxyl groups is 1. The molecular weight excluding hydrogens is 291 g/mol. The summed E-state index contributed by atoms with van der Waals surface area (Å²) in [5.41, 5.74) is 0.386. The molecule has 0 atom stereocenters. The van der Waals surface area contributed by atoms with E-state index in [-0.39, 0.29) is 28.6 Å². The third kappa shape index (κ3) is 3.21. The van der Waals surface area contributed by atoms with Gasteiger partial charge < -0.3 is 15.7 Å². The predicted octanol–water partition coefficient (Wildman–Crippen LogP) is 2.98. The van der Waals surface area contributed by atoms with Crippen LogP contribution in [0.3, 0.4) is 0 Å². The lowest BCUT2D eigenvalue weighted by atomic mass is 9.92. The van der Waals surface area contributed by atoms with Crippen molar-refractivity contribution in [3.63, 3.8) is 0 Å². The van der Waals surface area contributed by atoms with Gasteiger partial charge in [0.2, 0.25) is 0 Å². The van der Waals surface area contributed by atoms with E-state index in [1.165, 1.54) is 6.07 Å². The zero-order valence-electron chi connectivity index (χ0n) is 12.1. The lowest BCUT2D eigenvalue weighted by molar-refractivity contribution is -0.119. The van der Waals surface area contributed by atoms with E-state index in [2.05, 4.69) is 10.6 Å². The largest absolute Gasteiger partial charge is 0.511 e. The number of rotatable bonds is 2. The number of thiocarbonyl (C=S) groups is 1. The second kappa shape index (κ2) is 5.44. The van der Waals surface area contributed by atoms with E-state index in [1.807, 2.05) is 13.8 Å². The molecule has 0 fully saturated rings. The van der Waals surface area contributed by atoms with Crippen LogP contribution in [0.25, 0.3) is 0 Å². The first-order chi connectivity index (χ1) is 9.71. The normalized spacial score (nSPS) is 17.4. The van der Waals surface area contributed by atoms with Gasteiger partial charge in [-0.3, -0.25) is 4.79 Å². The van der Waals surface area contributed by atoms with Gasteiger partial charge in [-0.15, -0.1) is 0 Å². The third-order valence-electron chi connectivity index (χ3n) is 3.32. The molecule has 1 amide bonds. The van der Waals surface area contributed by atoms with Crippen molar-refractivity contribution < 1.29 is 14.3 Å². The van der Waals surface area contributed by atoms with E-state index in [1.54, 1.807) is 19.1 Å². The molecule has 1 aromatic rings. The Kier molecular flexibility index (Phi) is 4.00. The van der Waals surface area contributed by atoms with Crippen molar-refractivity contribution in [2.24, 2.45) is 0 Å². The molecule has 21 heavy (non-hydrogen) atoms. The predicted molar refractivity (Wildman–Crippen MR) is 83.9 cm³/mol. The van der Waals surface area contributed by atoms with E-state index < -0.39 is 11.4 Å². The third-order valence-corrected chi connectivity index (χ3v) is 3.63. The van der Waals surface area contributed by atoms with Crippen molar-refractivity contribution >= 4 is 28.8 Å². The van der Waals surface area contributed by atoms with Crippen LogP contribution in [0.15, 0.2) is 29.5 Å². The van der Waals surface area contributed by atoms with E-state index in [4.69, 9.17) is 12.2 Å². The van der Waals surface area contributed by atoms with Crippen LogP contribution in [0.2, 0.25) is 0 Å². The molecule has 0 saturated carbocycles. The maximum Gasteiger partial charge on any atom is 0.258 e. The van der Waals surface area contributed by atoms with Crippen LogP contribution < -0.4 is 10.6 Å². The van der Waals surface area contributed by atoms with Crippen molar-refractivity contribution in [3.8, 4) is 0 Å². The Bertz CT molecular complexity index is 653. The molecular formula is C15H17FN2O2S. The van der Waals surface area contributed by atoms with Gasteiger partial charge in [0.15, 0.2) is 0 Å². The van der Waals surface area contributed by atoms with Gasteiger partial charge >= 0.3 is 0 Å². The second-order valence-electron chi connectivity index (χ2n) is 5.70. The Morgan fingerprint density at radius 2 is 2.14 bits per heavy atom. The summed E-state index contributed by atoms with van der Waals surface area (Å²) in [6.07, 6.45) is 0.290. The Hall–Kier alpha value is -1.95. The monoisotopic (exact) mass is 308 g/mol. The first-order valence-corrected chi connectivity index (χ1v) is 6.93. The highest BCUT2D eigenvalue weighted by Gasteiger charge is 2.34. The van der Waals surface area contributed by atoms with Gasteiger partial charge in [0.05, 0.1) is 0 Å². The van der Waals surface area contributed by atoms with Crippen LogP contribution in [-0.4, -0.2) is 21.5 Å². The van der Waals surface area contributed by atoms with E-state index >= 15 is 0 Å². The number of aliphatic hydroxyl groups excluding tert-OH is 1. The lowest BCUT2D eigenvalue weighted by Gasteiger charge is -2.32. The summed E-state index contributed by atoms with van der Waals surface area (Å²) in [5, 5.41) is 15.7. The summed E-state index contributed by atoms with van der Waals surface area (Å²) >= 11 is 5.18. The van der Waals surface area contributed by atoms with Gasteiger partial charge in [0.1, 0.15) is 22.1 Å². The zero-order valence-corrected chi connectivity index (χ0v) is 12.9. The van der Waals surface area contributed by atoms with Crippen molar-refractivity contribution in [2.75, 3.05) is 5.32 Å². The standard InChI is InChI=1S/C15H17FN2O2S/c1-8-9(16)5-4-6-10(8)17-14(21)12-11(19)7-15(2,3)18-13(12)20/h4-6,19H,7H2,1-3H3,(H,17,21)(H,18,20). The molecule has 0 saturated heterocycles. The Morgan fingerprint density at radius 3 is 2.76 bits per heavy atom. The summed E-state index contributed by atoms with van der Waals surface area (Å²) in [6.45, 7) is 5.23. The molecule has 1 aliphatic heterocycles. The molecule has 0 unspecified atom stereocenters. The second-order valence-corrected chi connectivity index (χ2v) is 6.11. The van der Waals surface area contributed by atoms with E-state index in [0.29, 0.717) is 11.3 Å². The van der Waals surface area contributed by atoms with Crippen LogP contribution in [0, 0.1) is 12.7 Å². The smallest absolute Gasteiger partial charge is 0.258 e. The zero-order chi connectivity index (χ0) is 15.8. The molecule has 1 aromatic carbocycles.